The third-order valence-electron chi connectivity index (χ3n) is 2.63. The van der Waals surface area contributed by atoms with Crippen molar-refractivity contribution >= 4 is 0 Å². The van der Waals surface area contributed by atoms with E-state index in [0.717, 1.165) is 29.9 Å². The maximum absolute atomic E-state index is 5.33. The van der Waals surface area contributed by atoms with Crippen LogP contribution < -0.4 is 0 Å². The number of aryl methyl sites for hydroxylation is 1. The lowest BCUT2D eigenvalue weighted by atomic mass is 10.1. The van der Waals surface area contributed by atoms with Crippen LogP contribution in [-0.2, 0) is 12.8 Å². The maximum atomic E-state index is 5.33. The lowest BCUT2D eigenvalue weighted by Crippen LogP contribution is -1.82. The van der Waals surface area contributed by atoms with E-state index in [1.54, 1.807) is 6.20 Å². The first kappa shape index (κ1) is 7.74. The Morgan fingerprint density at radius 2 is 2.29 bits per heavy atom. The molecule has 0 spiro atoms. The second-order valence-electron chi connectivity index (χ2n) is 3.53. The van der Waals surface area contributed by atoms with Crippen LogP contribution in [0.5, 0.6) is 0 Å². The van der Waals surface area contributed by atoms with Gasteiger partial charge in [0.2, 0.25) is 0 Å². The van der Waals surface area contributed by atoms with Gasteiger partial charge < -0.3 is 4.52 Å². The second-order valence-corrected chi connectivity index (χ2v) is 3.53. The summed E-state index contributed by atoms with van der Waals surface area (Å²) >= 11 is 0. The molecule has 3 nitrogen and oxygen atoms in total. The zero-order valence-electron chi connectivity index (χ0n) is 7.73. The Labute approximate surface area is 81.8 Å². The first-order valence-electron chi connectivity index (χ1n) is 4.83. The monoisotopic (exact) mass is 186 g/mol. The molecule has 14 heavy (non-hydrogen) atoms. The Morgan fingerprint density at radius 3 is 3.14 bits per heavy atom. The highest BCUT2D eigenvalue weighted by atomic mass is 16.5. The van der Waals surface area contributed by atoms with Gasteiger partial charge in [0.15, 0.2) is 5.76 Å². The van der Waals surface area contributed by atoms with Crippen LogP contribution in [0.1, 0.15) is 17.7 Å². The molecule has 0 saturated carbocycles. The maximum Gasteiger partial charge on any atom is 0.171 e. The largest absolute Gasteiger partial charge is 0.356 e. The standard InChI is InChI=1S/C11H10N2O/c1-4-9-10(5-1)13-14-11(9)8-3-2-6-12-7-8/h2-3,6-7H,1,4-5H2. The summed E-state index contributed by atoms with van der Waals surface area (Å²) in [4.78, 5) is 4.08. The normalized spacial score (nSPS) is 14.3. The van der Waals surface area contributed by atoms with Crippen molar-refractivity contribution in [1.82, 2.24) is 10.1 Å². The Morgan fingerprint density at radius 1 is 1.29 bits per heavy atom. The molecule has 0 fully saturated rings. The Bertz CT molecular complexity index is 448. The zero-order valence-corrected chi connectivity index (χ0v) is 7.73. The molecule has 0 unspecified atom stereocenters. The molecule has 2 aromatic rings. The van der Waals surface area contributed by atoms with Gasteiger partial charge in [-0.1, -0.05) is 5.16 Å². The van der Waals surface area contributed by atoms with Crippen LogP contribution >= 0.6 is 0 Å². The summed E-state index contributed by atoms with van der Waals surface area (Å²) in [7, 11) is 0. The lowest BCUT2D eigenvalue weighted by Gasteiger charge is -1.96. The Kier molecular flexibility index (Phi) is 1.63. The van der Waals surface area contributed by atoms with E-state index >= 15 is 0 Å². The fourth-order valence-corrected chi connectivity index (χ4v) is 1.95. The van der Waals surface area contributed by atoms with Crippen LogP contribution in [0.3, 0.4) is 0 Å². The Hall–Kier alpha value is -1.64. The SMILES string of the molecule is c1cncc(-c2onc3c2CCC3)c1. The van der Waals surface area contributed by atoms with Gasteiger partial charge in [0, 0.05) is 23.5 Å². The number of rotatable bonds is 1. The number of fused-ring (bicyclic) bond motifs is 1. The Balaban J connectivity index is 2.13. The van der Waals surface area contributed by atoms with E-state index in [-0.39, 0.29) is 0 Å². The van der Waals surface area contributed by atoms with Gasteiger partial charge in [0.1, 0.15) is 0 Å². The molecule has 0 aliphatic heterocycles. The molecule has 0 aromatic carbocycles. The fourth-order valence-electron chi connectivity index (χ4n) is 1.95. The van der Waals surface area contributed by atoms with Gasteiger partial charge in [-0.25, -0.2) is 0 Å². The number of pyridine rings is 1. The van der Waals surface area contributed by atoms with Crippen molar-refractivity contribution in [1.29, 1.82) is 0 Å². The van der Waals surface area contributed by atoms with E-state index in [0.29, 0.717) is 0 Å². The summed E-state index contributed by atoms with van der Waals surface area (Å²) in [5.74, 6) is 0.908. The average molecular weight is 186 g/mol. The molecule has 2 aromatic heterocycles. The van der Waals surface area contributed by atoms with Crippen LogP contribution in [-0.4, -0.2) is 10.1 Å². The van der Waals surface area contributed by atoms with Gasteiger partial charge in [-0.15, -0.1) is 0 Å². The van der Waals surface area contributed by atoms with Crippen LogP contribution in [0.15, 0.2) is 29.0 Å². The van der Waals surface area contributed by atoms with Gasteiger partial charge >= 0.3 is 0 Å². The van der Waals surface area contributed by atoms with Crippen molar-refractivity contribution in [2.45, 2.75) is 19.3 Å². The third kappa shape index (κ3) is 1.05. The van der Waals surface area contributed by atoms with Crippen molar-refractivity contribution < 1.29 is 4.52 Å². The summed E-state index contributed by atoms with van der Waals surface area (Å²) in [5, 5.41) is 4.07. The smallest absolute Gasteiger partial charge is 0.171 e. The van der Waals surface area contributed by atoms with Crippen molar-refractivity contribution in [2.24, 2.45) is 0 Å². The summed E-state index contributed by atoms with van der Waals surface area (Å²) in [6.07, 6.45) is 6.92. The van der Waals surface area contributed by atoms with E-state index in [9.17, 15) is 0 Å². The molecule has 3 heteroatoms. The molecule has 0 saturated heterocycles. The van der Waals surface area contributed by atoms with Crippen molar-refractivity contribution in [3.8, 4) is 11.3 Å². The van der Waals surface area contributed by atoms with E-state index in [2.05, 4.69) is 10.1 Å². The van der Waals surface area contributed by atoms with Crippen molar-refractivity contribution in [3.05, 3.63) is 35.8 Å². The van der Waals surface area contributed by atoms with E-state index in [1.807, 2.05) is 18.3 Å². The van der Waals surface area contributed by atoms with E-state index < -0.39 is 0 Å². The lowest BCUT2D eigenvalue weighted by molar-refractivity contribution is 0.420. The highest BCUT2D eigenvalue weighted by molar-refractivity contribution is 5.61. The molecule has 0 amide bonds. The minimum Gasteiger partial charge on any atom is -0.356 e. The summed E-state index contributed by atoms with van der Waals surface area (Å²) in [5.41, 5.74) is 3.44. The number of hydrogen-bond acceptors (Lipinski definition) is 3. The molecule has 1 aliphatic rings. The molecular formula is C11H10N2O. The molecule has 2 heterocycles. The minimum absolute atomic E-state index is 0.908. The predicted molar refractivity (Wildman–Crippen MR) is 51.8 cm³/mol. The van der Waals surface area contributed by atoms with Crippen molar-refractivity contribution in [2.75, 3.05) is 0 Å². The van der Waals surface area contributed by atoms with Gasteiger partial charge in [0.05, 0.1) is 5.69 Å². The van der Waals surface area contributed by atoms with Gasteiger partial charge in [-0.2, -0.15) is 0 Å². The predicted octanol–water partition coefficient (Wildman–Crippen LogP) is 2.23. The van der Waals surface area contributed by atoms with Crippen LogP contribution in [0.25, 0.3) is 11.3 Å². The molecule has 0 radical (unpaired) electrons. The summed E-state index contributed by atoms with van der Waals surface area (Å²) in [6, 6.07) is 3.92. The minimum atomic E-state index is 0.908. The van der Waals surface area contributed by atoms with Crippen LogP contribution in [0.2, 0.25) is 0 Å². The topological polar surface area (TPSA) is 38.9 Å². The van der Waals surface area contributed by atoms with Gasteiger partial charge in [-0.3, -0.25) is 4.98 Å². The third-order valence-corrected chi connectivity index (χ3v) is 2.63. The first-order chi connectivity index (χ1) is 6.95. The average Bonchev–Trinajstić information content (AvgIpc) is 2.79. The van der Waals surface area contributed by atoms with Crippen LogP contribution in [0, 0.1) is 0 Å². The highest BCUT2D eigenvalue weighted by Crippen LogP contribution is 2.31. The van der Waals surface area contributed by atoms with Gasteiger partial charge in [-0.05, 0) is 31.4 Å². The van der Waals surface area contributed by atoms with E-state index in [1.165, 1.54) is 12.0 Å². The number of nitrogens with zero attached hydrogens (tertiary/aromatic N) is 2. The quantitative estimate of drug-likeness (QED) is 0.685. The van der Waals surface area contributed by atoms with E-state index in [4.69, 9.17) is 4.52 Å². The zero-order chi connectivity index (χ0) is 9.38. The van der Waals surface area contributed by atoms with Crippen LogP contribution in [0.4, 0.5) is 0 Å². The highest BCUT2D eigenvalue weighted by Gasteiger charge is 2.21. The molecule has 0 N–H and O–H groups in total. The fraction of sp³-hybridized carbons (Fsp3) is 0.273. The second kappa shape index (κ2) is 2.94. The molecule has 1 aliphatic carbocycles. The molecular weight excluding hydrogens is 176 g/mol. The first-order valence-corrected chi connectivity index (χ1v) is 4.83. The summed E-state index contributed by atoms with van der Waals surface area (Å²) in [6.45, 7) is 0. The molecule has 70 valence electrons. The van der Waals surface area contributed by atoms with Crippen molar-refractivity contribution in [3.63, 3.8) is 0 Å². The molecule has 0 atom stereocenters. The number of aromatic nitrogens is 2. The van der Waals surface area contributed by atoms with Gasteiger partial charge in [0.25, 0.3) is 0 Å². The molecule has 0 bridgehead atoms. The summed E-state index contributed by atoms with van der Waals surface area (Å²) < 4.78 is 5.33. The molecule has 3 rings (SSSR count). The number of hydrogen-bond donors (Lipinski definition) is 0.